The van der Waals surface area contributed by atoms with Crippen molar-refractivity contribution in [3.63, 3.8) is 0 Å². The summed E-state index contributed by atoms with van der Waals surface area (Å²) in [6.07, 6.45) is 2.38. The third-order valence-corrected chi connectivity index (χ3v) is 2.22. The molecule has 1 aromatic rings. The molecule has 0 spiro atoms. The molecule has 0 saturated carbocycles. The smallest absolute Gasteiger partial charge is 0.132 e. The Bertz CT molecular complexity index is 413. The first-order valence-corrected chi connectivity index (χ1v) is 5.82. The number of aromatic nitrogens is 2. The Hall–Kier alpha value is -1.87. The maximum Gasteiger partial charge on any atom is 0.132 e. The summed E-state index contributed by atoms with van der Waals surface area (Å²) in [6, 6.07) is 3.94. The van der Waals surface area contributed by atoms with Gasteiger partial charge in [-0.2, -0.15) is 5.26 Å². The molecule has 1 heterocycles. The minimum atomic E-state index is -0.651. The number of hydrogen-bond acceptors (Lipinski definition) is 6. The van der Waals surface area contributed by atoms with E-state index in [1.807, 2.05) is 0 Å². The van der Waals surface area contributed by atoms with Crippen LogP contribution in [-0.2, 0) is 4.74 Å². The van der Waals surface area contributed by atoms with Crippen molar-refractivity contribution in [1.29, 1.82) is 5.26 Å². The number of rotatable bonds is 7. The Morgan fingerprint density at radius 1 is 1.39 bits per heavy atom. The van der Waals surface area contributed by atoms with E-state index in [-0.39, 0.29) is 0 Å². The van der Waals surface area contributed by atoms with E-state index in [4.69, 9.17) is 10.00 Å². The molecule has 0 aliphatic heterocycles. The lowest BCUT2D eigenvalue weighted by Crippen LogP contribution is -2.29. The van der Waals surface area contributed by atoms with Gasteiger partial charge in [-0.25, -0.2) is 9.97 Å². The van der Waals surface area contributed by atoms with Gasteiger partial charge in [-0.15, -0.1) is 0 Å². The fourth-order valence-corrected chi connectivity index (χ4v) is 1.30. The standard InChI is InChI=1S/C12H19N5O/c1-12(2,8-13)17-11-7-10(15-9-16-11)14-5-4-6-18-3/h7,9H,4-6H2,1-3H3,(H2,14,15,16,17). The molecule has 6 nitrogen and oxygen atoms in total. The third-order valence-electron chi connectivity index (χ3n) is 2.22. The van der Waals surface area contributed by atoms with Crippen LogP contribution in [0.2, 0.25) is 0 Å². The Labute approximate surface area is 107 Å². The predicted octanol–water partition coefficient (Wildman–Crippen LogP) is 1.64. The highest BCUT2D eigenvalue weighted by atomic mass is 16.5. The van der Waals surface area contributed by atoms with Crippen molar-refractivity contribution in [2.75, 3.05) is 30.9 Å². The van der Waals surface area contributed by atoms with Crippen molar-refractivity contribution in [2.24, 2.45) is 0 Å². The third kappa shape index (κ3) is 4.97. The van der Waals surface area contributed by atoms with Crippen molar-refractivity contribution in [3.05, 3.63) is 12.4 Å². The number of nitrogens with zero attached hydrogens (tertiary/aromatic N) is 3. The molecule has 0 unspecified atom stereocenters. The molecule has 1 aromatic heterocycles. The maximum atomic E-state index is 8.94. The lowest BCUT2D eigenvalue weighted by Gasteiger charge is -2.18. The van der Waals surface area contributed by atoms with E-state index in [9.17, 15) is 0 Å². The van der Waals surface area contributed by atoms with Crippen molar-refractivity contribution >= 4 is 11.6 Å². The van der Waals surface area contributed by atoms with Gasteiger partial charge >= 0.3 is 0 Å². The van der Waals surface area contributed by atoms with E-state index in [1.165, 1.54) is 6.33 Å². The molecule has 0 aliphatic rings. The van der Waals surface area contributed by atoms with Crippen LogP contribution in [-0.4, -0.2) is 35.8 Å². The van der Waals surface area contributed by atoms with Crippen LogP contribution in [0, 0.1) is 11.3 Å². The van der Waals surface area contributed by atoms with Crippen LogP contribution in [0.1, 0.15) is 20.3 Å². The first-order valence-electron chi connectivity index (χ1n) is 5.82. The van der Waals surface area contributed by atoms with Gasteiger partial charge in [0, 0.05) is 26.3 Å². The Morgan fingerprint density at radius 3 is 2.78 bits per heavy atom. The number of hydrogen-bond donors (Lipinski definition) is 2. The number of anilines is 2. The molecule has 0 fully saturated rings. The minimum absolute atomic E-state index is 0.630. The zero-order valence-electron chi connectivity index (χ0n) is 11.0. The van der Waals surface area contributed by atoms with Gasteiger partial charge in [-0.05, 0) is 20.3 Å². The highest BCUT2D eigenvalue weighted by Crippen LogP contribution is 2.14. The van der Waals surface area contributed by atoms with Gasteiger partial charge in [0.15, 0.2) is 0 Å². The average molecular weight is 249 g/mol. The van der Waals surface area contributed by atoms with Crippen LogP contribution in [0.3, 0.4) is 0 Å². The average Bonchev–Trinajstić information content (AvgIpc) is 2.35. The zero-order chi connectivity index (χ0) is 13.4. The largest absolute Gasteiger partial charge is 0.385 e. The second-order valence-electron chi connectivity index (χ2n) is 4.42. The first kappa shape index (κ1) is 14.2. The molecule has 0 aliphatic carbocycles. The van der Waals surface area contributed by atoms with Crippen molar-refractivity contribution in [3.8, 4) is 6.07 Å². The Morgan fingerprint density at radius 2 is 2.11 bits per heavy atom. The minimum Gasteiger partial charge on any atom is -0.385 e. The summed E-state index contributed by atoms with van der Waals surface area (Å²) in [5.41, 5.74) is -0.651. The van der Waals surface area contributed by atoms with Crippen LogP contribution in [0.5, 0.6) is 0 Å². The highest BCUT2D eigenvalue weighted by Gasteiger charge is 2.16. The lowest BCUT2D eigenvalue weighted by molar-refractivity contribution is 0.198. The summed E-state index contributed by atoms with van der Waals surface area (Å²) >= 11 is 0. The summed E-state index contributed by atoms with van der Waals surface area (Å²) in [5.74, 6) is 1.36. The molecule has 0 bridgehead atoms. The van der Waals surface area contributed by atoms with Crippen LogP contribution in [0.25, 0.3) is 0 Å². The highest BCUT2D eigenvalue weighted by molar-refractivity contribution is 5.48. The van der Waals surface area contributed by atoms with Crippen molar-refractivity contribution < 1.29 is 4.74 Å². The van der Waals surface area contributed by atoms with Gasteiger partial charge in [0.05, 0.1) is 6.07 Å². The molecule has 0 atom stereocenters. The van der Waals surface area contributed by atoms with Crippen LogP contribution in [0.4, 0.5) is 11.6 Å². The molecule has 0 aromatic carbocycles. The maximum absolute atomic E-state index is 8.94. The molecule has 0 radical (unpaired) electrons. The van der Waals surface area contributed by atoms with Gasteiger partial charge in [0.25, 0.3) is 0 Å². The number of ether oxygens (including phenoxy) is 1. The van der Waals surface area contributed by atoms with Crippen molar-refractivity contribution in [2.45, 2.75) is 25.8 Å². The monoisotopic (exact) mass is 249 g/mol. The fourth-order valence-electron chi connectivity index (χ4n) is 1.30. The van der Waals surface area contributed by atoms with Crippen LogP contribution in [0.15, 0.2) is 12.4 Å². The number of nitrogens with one attached hydrogen (secondary N) is 2. The van der Waals surface area contributed by atoms with E-state index in [0.717, 1.165) is 18.8 Å². The fraction of sp³-hybridized carbons (Fsp3) is 0.583. The second-order valence-corrected chi connectivity index (χ2v) is 4.42. The SMILES string of the molecule is COCCCNc1cc(NC(C)(C)C#N)ncn1. The molecule has 6 heteroatoms. The van der Waals surface area contributed by atoms with Gasteiger partial charge in [0.2, 0.25) is 0 Å². The summed E-state index contributed by atoms with van der Waals surface area (Å²) in [4.78, 5) is 8.19. The summed E-state index contributed by atoms with van der Waals surface area (Å²) in [6.45, 7) is 5.08. The molecule has 18 heavy (non-hydrogen) atoms. The van der Waals surface area contributed by atoms with E-state index in [2.05, 4.69) is 26.7 Å². The summed E-state index contributed by atoms with van der Waals surface area (Å²) < 4.78 is 4.96. The Kier molecular flexibility index (Phi) is 5.33. The summed E-state index contributed by atoms with van der Waals surface area (Å²) in [5, 5.41) is 15.1. The van der Waals surface area contributed by atoms with Gasteiger partial charge in [-0.1, -0.05) is 0 Å². The molecule has 0 amide bonds. The topological polar surface area (TPSA) is 82.9 Å². The normalized spacial score (nSPS) is 10.8. The van der Waals surface area contributed by atoms with E-state index >= 15 is 0 Å². The van der Waals surface area contributed by atoms with E-state index in [1.54, 1.807) is 27.0 Å². The van der Waals surface area contributed by atoms with Gasteiger partial charge in [0.1, 0.15) is 23.5 Å². The van der Waals surface area contributed by atoms with Crippen LogP contribution >= 0.6 is 0 Å². The van der Waals surface area contributed by atoms with Gasteiger partial charge in [-0.3, -0.25) is 0 Å². The molecule has 2 N–H and O–H groups in total. The first-order chi connectivity index (χ1) is 8.57. The van der Waals surface area contributed by atoms with Crippen LogP contribution < -0.4 is 10.6 Å². The zero-order valence-corrected chi connectivity index (χ0v) is 11.0. The van der Waals surface area contributed by atoms with Crippen molar-refractivity contribution in [1.82, 2.24) is 9.97 Å². The Balaban J connectivity index is 2.55. The molecule has 0 saturated heterocycles. The predicted molar refractivity (Wildman–Crippen MR) is 70.3 cm³/mol. The van der Waals surface area contributed by atoms with Gasteiger partial charge < -0.3 is 15.4 Å². The van der Waals surface area contributed by atoms with E-state index < -0.39 is 5.54 Å². The molecular formula is C12H19N5O. The quantitative estimate of drug-likeness (QED) is 0.715. The molecule has 98 valence electrons. The number of methoxy groups -OCH3 is 1. The summed E-state index contributed by atoms with van der Waals surface area (Å²) in [7, 11) is 1.68. The lowest BCUT2D eigenvalue weighted by atomic mass is 10.1. The number of nitriles is 1. The molecular weight excluding hydrogens is 230 g/mol. The second kappa shape index (κ2) is 6.77. The molecule has 1 rings (SSSR count). The van der Waals surface area contributed by atoms with E-state index in [0.29, 0.717) is 12.4 Å².